The number of carbonyl (C=O) groups is 1. The van der Waals surface area contributed by atoms with Crippen molar-refractivity contribution in [1.29, 1.82) is 5.26 Å². The van der Waals surface area contributed by atoms with Gasteiger partial charge in [0.2, 0.25) is 0 Å². The zero-order valence-corrected chi connectivity index (χ0v) is 15.6. The fourth-order valence-electron chi connectivity index (χ4n) is 4.32. The number of benzene rings is 1. The van der Waals surface area contributed by atoms with E-state index in [9.17, 15) is 10.1 Å². The molecule has 0 radical (unpaired) electrons. The highest BCUT2D eigenvalue weighted by Crippen LogP contribution is 2.43. The Morgan fingerprint density at radius 3 is 2.85 bits per heavy atom. The minimum Gasteiger partial charge on any atom is -0.488 e. The number of hydrogen-bond acceptors (Lipinski definition) is 4. The number of ketones is 1. The Hall–Kier alpha value is -2.54. The maximum Gasteiger partial charge on any atom is 0.161 e. The molecule has 2 aliphatic heterocycles. The number of Topliss-reactive ketones (excluding diaryl/α,β-unsaturated/α-hetero) is 1. The van der Waals surface area contributed by atoms with Gasteiger partial charge in [0.25, 0.3) is 0 Å². The number of hydrogen-bond donors (Lipinski definition) is 1. The molecule has 3 aliphatic rings. The number of nitrogens with zero attached hydrogens (tertiary/aromatic N) is 1. The molecule has 0 fully saturated rings. The second-order valence-corrected chi connectivity index (χ2v) is 8.11. The minimum absolute atomic E-state index is 0.146. The molecule has 134 valence electrons. The third-order valence-electron chi connectivity index (χ3n) is 5.70. The summed E-state index contributed by atoms with van der Waals surface area (Å²) in [5.41, 5.74) is 5.34. The van der Waals surface area contributed by atoms with Crippen LogP contribution in [0.3, 0.4) is 0 Å². The van der Waals surface area contributed by atoms with Gasteiger partial charge < -0.3 is 10.1 Å². The summed E-state index contributed by atoms with van der Waals surface area (Å²) < 4.78 is 6.10. The first kappa shape index (κ1) is 16.9. The maximum atomic E-state index is 12.7. The molecule has 0 spiro atoms. The lowest BCUT2D eigenvalue weighted by Crippen LogP contribution is -2.33. The lowest BCUT2D eigenvalue weighted by Gasteiger charge is -2.35. The molecule has 0 saturated carbocycles. The quantitative estimate of drug-likeness (QED) is 0.823. The van der Waals surface area contributed by atoms with E-state index in [0.29, 0.717) is 12.0 Å². The molecule has 1 aromatic carbocycles. The first-order valence-corrected chi connectivity index (χ1v) is 9.35. The summed E-state index contributed by atoms with van der Waals surface area (Å²) in [6.45, 7) is 6.14. The molecule has 1 aliphatic carbocycles. The standard InChI is InChI=1S/C22H24N2O2/c1-13-16(12-23)20(21-17(24-13)5-4-6-18(21)25)15-7-8-19-14(11-15)9-10-22(2,3)26-19/h7-8,11,20,24H,4-6,9-10H2,1-3H3/t20-/m0/s1. The summed E-state index contributed by atoms with van der Waals surface area (Å²) in [7, 11) is 0. The van der Waals surface area contributed by atoms with E-state index in [1.807, 2.05) is 19.1 Å². The van der Waals surface area contributed by atoms with Crippen molar-refractivity contribution in [2.75, 3.05) is 0 Å². The van der Waals surface area contributed by atoms with Gasteiger partial charge in [-0.3, -0.25) is 4.79 Å². The van der Waals surface area contributed by atoms with E-state index in [0.717, 1.165) is 54.0 Å². The molecule has 1 aromatic rings. The second kappa shape index (κ2) is 6.02. The van der Waals surface area contributed by atoms with E-state index >= 15 is 0 Å². The van der Waals surface area contributed by atoms with Crippen molar-refractivity contribution < 1.29 is 9.53 Å². The van der Waals surface area contributed by atoms with Crippen LogP contribution in [0.15, 0.2) is 40.7 Å². The number of nitriles is 1. The monoisotopic (exact) mass is 348 g/mol. The molecular formula is C22H24N2O2. The first-order valence-electron chi connectivity index (χ1n) is 9.35. The molecule has 1 N–H and O–H groups in total. The Balaban J connectivity index is 1.82. The zero-order valence-electron chi connectivity index (χ0n) is 15.6. The number of dihydropyridines is 1. The highest BCUT2D eigenvalue weighted by molar-refractivity contribution is 5.99. The topological polar surface area (TPSA) is 62.1 Å². The summed E-state index contributed by atoms with van der Waals surface area (Å²) in [6, 6.07) is 8.51. The molecule has 0 saturated heterocycles. The molecule has 1 atom stereocenters. The van der Waals surface area contributed by atoms with Crippen molar-refractivity contribution in [2.24, 2.45) is 0 Å². The Morgan fingerprint density at radius 2 is 2.08 bits per heavy atom. The van der Waals surface area contributed by atoms with Crippen LogP contribution in [0.2, 0.25) is 0 Å². The predicted octanol–water partition coefficient (Wildman–Crippen LogP) is 4.28. The molecule has 4 heteroatoms. The van der Waals surface area contributed by atoms with Crippen LogP contribution in [0.1, 0.15) is 63.5 Å². The lowest BCUT2D eigenvalue weighted by molar-refractivity contribution is -0.116. The van der Waals surface area contributed by atoms with Gasteiger partial charge in [0, 0.05) is 23.4 Å². The number of ether oxygens (including phenoxy) is 1. The molecule has 0 unspecified atom stereocenters. The van der Waals surface area contributed by atoms with Crippen molar-refractivity contribution >= 4 is 5.78 Å². The highest BCUT2D eigenvalue weighted by atomic mass is 16.5. The molecule has 0 aromatic heterocycles. The van der Waals surface area contributed by atoms with Gasteiger partial charge in [-0.15, -0.1) is 0 Å². The third kappa shape index (κ3) is 2.72. The number of allylic oxidation sites excluding steroid dienone is 4. The molecule has 4 nitrogen and oxygen atoms in total. The summed E-state index contributed by atoms with van der Waals surface area (Å²) in [4.78, 5) is 12.7. The minimum atomic E-state index is -0.260. The lowest BCUT2D eigenvalue weighted by atomic mass is 9.75. The van der Waals surface area contributed by atoms with E-state index in [4.69, 9.17) is 4.74 Å². The number of nitrogens with one attached hydrogen (secondary N) is 1. The van der Waals surface area contributed by atoms with Gasteiger partial charge in [-0.25, -0.2) is 0 Å². The van der Waals surface area contributed by atoms with Gasteiger partial charge in [0.1, 0.15) is 11.4 Å². The number of fused-ring (bicyclic) bond motifs is 1. The van der Waals surface area contributed by atoms with Crippen molar-refractivity contribution in [3.63, 3.8) is 0 Å². The smallest absolute Gasteiger partial charge is 0.161 e. The van der Waals surface area contributed by atoms with Crippen LogP contribution in [0.5, 0.6) is 5.75 Å². The van der Waals surface area contributed by atoms with Crippen LogP contribution in [0.25, 0.3) is 0 Å². The number of aryl methyl sites for hydroxylation is 1. The Kier molecular flexibility index (Phi) is 3.91. The SMILES string of the molecule is CC1=C(C#N)[C@H](c2ccc3c(c2)CCC(C)(C)O3)C2=C(CCCC2=O)N1. The van der Waals surface area contributed by atoms with Gasteiger partial charge in [0.05, 0.1) is 17.6 Å². The molecular weight excluding hydrogens is 324 g/mol. The Labute approximate surface area is 154 Å². The second-order valence-electron chi connectivity index (χ2n) is 8.11. The van der Waals surface area contributed by atoms with Gasteiger partial charge >= 0.3 is 0 Å². The molecule has 0 amide bonds. The van der Waals surface area contributed by atoms with Crippen LogP contribution in [-0.4, -0.2) is 11.4 Å². The van der Waals surface area contributed by atoms with Crippen molar-refractivity contribution in [3.05, 3.63) is 51.9 Å². The van der Waals surface area contributed by atoms with Crippen LogP contribution in [-0.2, 0) is 11.2 Å². The normalized spacial score (nSPS) is 24.2. The van der Waals surface area contributed by atoms with Crippen molar-refractivity contribution in [2.45, 2.75) is 64.4 Å². The maximum absolute atomic E-state index is 12.7. The average Bonchev–Trinajstić information content (AvgIpc) is 2.59. The van der Waals surface area contributed by atoms with E-state index in [1.54, 1.807) is 0 Å². The fraction of sp³-hybridized carbons (Fsp3) is 0.455. The summed E-state index contributed by atoms with van der Waals surface area (Å²) in [6.07, 6.45) is 4.22. The van der Waals surface area contributed by atoms with Gasteiger partial charge in [-0.1, -0.05) is 12.1 Å². The van der Waals surface area contributed by atoms with Crippen LogP contribution in [0, 0.1) is 11.3 Å². The van der Waals surface area contributed by atoms with Crippen molar-refractivity contribution in [3.8, 4) is 11.8 Å². The first-order chi connectivity index (χ1) is 12.4. The van der Waals surface area contributed by atoms with Gasteiger partial charge in [-0.05, 0) is 63.6 Å². The van der Waals surface area contributed by atoms with E-state index in [2.05, 4.69) is 31.3 Å². The highest BCUT2D eigenvalue weighted by Gasteiger charge is 2.36. The van der Waals surface area contributed by atoms with Crippen molar-refractivity contribution in [1.82, 2.24) is 5.32 Å². The largest absolute Gasteiger partial charge is 0.488 e. The summed E-state index contributed by atoms with van der Waals surface area (Å²) in [5, 5.41) is 13.1. The number of rotatable bonds is 1. The third-order valence-corrected chi connectivity index (χ3v) is 5.70. The predicted molar refractivity (Wildman–Crippen MR) is 99.5 cm³/mol. The summed E-state index contributed by atoms with van der Waals surface area (Å²) >= 11 is 0. The Morgan fingerprint density at radius 1 is 1.27 bits per heavy atom. The number of carbonyl (C=O) groups excluding carboxylic acids is 1. The van der Waals surface area contributed by atoms with E-state index in [1.165, 1.54) is 5.56 Å². The fourth-order valence-corrected chi connectivity index (χ4v) is 4.32. The zero-order chi connectivity index (χ0) is 18.5. The van der Waals surface area contributed by atoms with Crippen LogP contribution in [0.4, 0.5) is 0 Å². The molecule has 4 rings (SSSR count). The van der Waals surface area contributed by atoms with Crippen LogP contribution < -0.4 is 10.1 Å². The molecule has 26 heavy (non-hydrogen) atoms. The average molecular weight is 348 g/mol. The molecule has 0 bridgehead atoms. The van der Waals surface area contributed by atoms with E-state index in [-0.39, 0.29) is 17.3 Å². The van der Waals surface area contributed by atoms with Gasteiger partial charge in [0.15, 0.2) is 5.78 Å². The van der Waals surface area contributed by atoms with Gasteiger partial charge in [-0.2, -0.15) is 5.26 Å². The van der Waals surface area contributed by atoms with Crippen LogP contribution >= 0.6 is 0 Å². The Bertz CT molecular complexity index is 899. The van der Waals surface area contributed by atoms with E-state index < -0.39 is 0 Å². The molecule has 2 heterocycles. The summed E-state index contributed by atoms with van der Waals surface area (Å²) in [5.74, 6) is 0.825.